The van der Waals surface area contributed by atoms with E-state index in [9.17, 15) is 0 Å². The van der Waals surface area contributed by atoms with E-state index in [2.05, 4.69) is 62.4 Å². The van der Waals surface area contributed by atoms with Crippen molar-refractivity contribution >= 4 is 5.69 Å². The number of benzene rings is 1. The van der Waals surface area contributed by atoms with E-state index >= 15 is 0 Å². The Kier molecular flexibility index (Phi) is 3.93. The lowest BCUT2D eigenvalue weighted by molar-refractivity contribution is -0.0596. The second-order valence-corrected chi connectivity index (χ2v) is 5.75. The predicted octanol–water partition coefficient (Wildman–Crippen LogP) is 2.02. The first-order valence-corrected chi connectivity index (χ1v) is 6.62. The lowest BCUT2D eigenvalue weighted by atomic mass is 9.78. The third-order valence-electron chi connectivity index (χ3n) is 3.60. The number of hydrogen-bond donors (Lipinski definition) is 1. The van der Waals surface area contributed by atoms with Gasteiger partial charge in [-0.2, -0.15) is 0 Å². The lowest BCUT2D eigenvalue weighted by Crippen LogP contribution is -2.54. The number of rotatable bonds is 5. The fourth-order valence-electron chi connectivity index (χ4n) is 2.23. The van der Waals surface area contributed by atoms with Crippen molar-refractivity contribution in [3.8, 4) is 0 Å². The van der Waals surface area contributed by atoms with Gasteiger partial charge in [-0.25, -0.2) is 0 Å². The van der Waals surface area contributed by atoms with Crippen LogP contribution in [0, 0.1) is 0 Å². The summed E-state index contributed by atoms with van der Waals surface area (Å²) in [5.41, 5.74) is 2.80. The van der Waals surface area contributed by atoms with Crippen LogP contribution in [0.1, 0.15) is 19.4 Å². The molecule has 18 heavy (non-hydrogen) atoms. The molecule has 3 heteroatoms. The summed E-state index contributed by atoms with van der Waals surface area (Å²) in [7, 11) is 4.13. The summed E-state index contributed by atoms with van der Waals surface area (Å²) in [6.07, 6.45) is 0. The van der Waals surface area contributed by atoms with Gasteiger partial charge in [0.1, 0.15) is 0 Å². The van der Waals surface area contributed by atoms with Crippen molar-refractivity contribution in [2.75, 3.05) is 38.8 Å². The quantitative estimate of drug-likeness (QED) is 0.863. The van der Waals surface area contributed by atoms with Gasteiger partial charge in [-0.15, -0.1) is 0 Å². The molecule has 1 fully saturated rings. The highest BCUT2D eigenvalue weighted by Crippen LogP contribution is 2.32. The van der Waals surface area contributed by atoms with Crippen molar-refractivity contribution in [3.05, 3.63) is 29.8 Å². The van der Waals surface area contributed by atoms with Crippen LogP contribution in [0.4, 0.5) is 5.69 Å². The highest BCUT2D eigenvalue weighted by molar-refractivity contribution is 5.47. The van der Waals surface area contributed by atoms with E-state index in [-0.39, 0.29) is 5.41 Å². The number of ether oxygens (including phenoxy) is 1. The molecule has 1 aliphatic rings. The van der Waals surface area contributed by atoms with Crippen LogP contribution in [0.5, 0.6) is 0 Å². The normalized spacial score (nSPS) is 17.6. The van der Waals surface area contributed by atoms with Gasteiger partial charge in [-0.3, -0.25) is 0 Å². The Morgan fingerprint density at radius 1 is 1.22 bits per heavy atom. The van der Waals surface area contributed by atoms with Gasteiger partial charge in [0.15, 0.2) is 0 Å². The van der Waals surface area contributed by atoms with E-state index < -0.39 is 0 Å². The van der Waals surface area contributed by atoms with Gasteiger partial charge in [0.25, 0.3) is 0 Å². The van der Waals surface area contributed by atoms with Gasteiger partial charge in [-0.1, -0.05) is 26.0 Å². The van der Waals surface area contributed by atoms with Crippen molar-refractivity contribution in [2.24, 2.45) is 0 Å². The Labute approximate surface area is 110 Å². The van der Waals surface area contributed by atoms with E-state index in [0.29, 0.717) is 6.04 Å². The van der Waals surface area contributed by atoms with Gasteiger partial charge in [0, 0.05) is 32.4 Å². The van der Waals surface area contributed by atoms with Gasteiger partial charge in [0.2, 0.25) is 0 Å². The Hall–Kier alpha value is -1.06. The summed E-state index contributed by atoms with van der Waals surface area (Å²) >= 11 is 0. The average molecular weight is 248 g/mol. The minimum Gasteiger partial charge on any atom is -0.379 e. The maximum Gasteiger partial charge on any atom is 0.0598 e. The zero-order valence-corrected chi connectivity index (χ0v) is 11.9. The molecule has 1 heterocycles. The Balaban J connectivity index is 2.12. The number of nitrogens with zero attached hydrogens (tertiary/aromatic N) is 1. The second-order valence-electron chi connectivity index (χ2n) is 5.75. The van der Waals surface area contributed by atoms with E-state index in [0.717, 1.165) is 19.8 Å². The maximum absolute atomic E-state index is 5.45. The minimum atomic E-state index is 0.176. The van der Waals surface area contributed by atoms with Crippen LogP contribution in [-0.4, -0.2) is 39.9 Å². The highest BCUT2D eigenvalue weighted by Gasteiger charge is 2.40. The second kappa shape index (κ2) is 5.29. The lowest BCUT2D eigenvalue weighted by Gasteiger charge is -2.42. The first-order chi connectivity index (χ1) is 8.53. The van der Waals surface area contributed by atoms with Crippen LogP contribution in [0.2, 0.25) is 0 Å². The summed E-state index contributed by atoms with van der Waals surface area (Å²) in [4.78, 5) is 2.13. The Morgan fingerprint density at radius 3 is 2.22 bits per heavy atom. The van der Waals surface area contributed by atoms with Crippen molar-refractivity contribution < 1.29 is 4.74 Å². The third-order valence-corrected chi connectivity index (χ3v) is 3.60. The fraction of sp³-hybridized carbons (Fsp3) is 0.600. The van der Waals surface area contributed by atoms with Crippen molar-refractivity contribution in [2.45, 2.75) is 25.3 Å². The molecular formula is C15H24N2O. The van der Waals surface area contributed by atoms with Gasteiger partial charge in [0.05, 0.1) is 18.6 Å². The predicted molar refractivity (Wildman–Crippen MR) is 76.4 cm³/mol. The molecule has 1 aliphatic heterocycles. The monoisotopic (exact) mass is 248 g/mol. The first-order valence-electron chi connectivity index (χ1n) is 6.62. The number of anilines is 1. The molecule has 0 atom stereocenters. The molecule has 1 saturated heterocycles. The van der Waals surface area contributed by atoms with Crippen LogP contribution in [-0.2, 0) is 10.2 Å². The van der Waals surface area contributed by atoms with Gasteiger partial charge < -0.3 is 15.0 Å². The van der Waals surface area contributed by atoms with E-state index in [1.54, 1.807) is 0 Å². The molecule has 0 radical (unpaired) electrons. The molecule has 0 unspecified atom stereocenters. The van der Waals surface area contributed by atoms with Crippen LogP contribution < -0.4 is 10.2 Å². The Bertz CT molecular complexity index is 380. The van der Waals surface area contributed by atoms with E-state index in [1.807, 2.05) is 0 Å². The summed E-state index contributed by atoms with van der Waals surface area (Å²) in [6, 6.07) is 9.36. The minimum absolute atomic E-state index is 0.176. The molecule has 2 rings (SSSR count). The van der Waals surface area contributed by atoms with Crippen LogP contribution in [0.3, 0.4) is 0 Å². The maximum atomic E-state index is 5.45. The number of hydrogen-bond acceptors (Lipinski definition) is 3. The van der Waals surface area contributed by atoms with Crippen LogP contribution in [0.25, 0.3) is 0 Å². The molecule has 0 amide bonds. The van der Waals surface area contributed by atoms with Crippen LogP contribution >= 0.6 is 0 Å². The van der Waals surface area contributed by atoms with Crippen LogP contribution in [0.15, 0.2) is 24.3 Å². The molecule has 100 valence electrons. The molecule has 0 saturated carbocycles. The summed E-state index contributed by atoms with van der Waals surface area (Å²) in [5, 5.41) is 3.53. The molecule has 0 spiro atoms. The average Bonchev–Trinajstić information content (AvgIpc) is 2.28. The molecular weight excluding hydrogens is 224 g/mol. The Morgan fingerprint density at radius 2 is 1.83 bits per heavy atom. The van der Waals surface area contributed by atoms with E-state index in [1.165, 1.54) is 11.3 Å². The molecule has 0 aliphatic carbocycles. The van der Waals surface area contributed by atoms with Crippen molar-refractivity contribution in [1.29, 1.82) is 0 Å². The summed E-state index contributed by atoms with van der Waals surface area (Å²) < 4.78 is 5.45. The van der Waals surface area contributed by atoms with Gasteiger partial charge in [-0.05, 0) is 17.7 Å². The summed E-state index contributed by atoms with van der Waals surface area (Å²) in [6.45, 7) is 7.01. The molecule has 0 aromatic heterocycles. The molecule has 1 aromatic rings. The SMILES string of the molecule is CC(C)NCC1(c2ccc(N(C)C)cc2)COC1. The summed E-state index contributed by atoms with van der Waals surface area (Å²) in [5.74, 6) is 0. The highest BCUT2D eigenvalue weighted by atomic mass is 16.5. The standard InChI is InChI=1S/C15H24N2O/c1-12(2)16-9-15(10-18-11-15)13-5-7-14(8-6-13)17(3)4/h5-8,12,16H,9-11H2,1-4H3. The zero-order valence-electron chi connectivity index (χ0n) is 11.9. The molecule has 0 bridgehead atoms. The van der Waals surface area contributed by atoms with Crippen molar-refractivity contribution in [3.63, 3.8) is 0 Å². The smallest absolute Gasteiger partial charge is 0.0598 e. The molecule has 3 nitrogen and oxygen atoms in total. The zero-order chi connectivity index (χ0) is 13.2. The van der Waals surface area contributed by atoms with Gasteiger partial charge >= 0.3 is 0 Å². The first kappa shape index (κ1) is 13.4. The molecule has 1 aromatic carbocycles. The fourth-order valence-corrected chi connectivity index (χ4v) is 2.23. The largest absolute Gasteiger partial charge is 0.379 e. The molecule has 1 N–H and O–H groups in total. The third kappa shape index (κ3) is 2.68. The van der Waals surface area contributed by atoms with E-state index in [4.69, 9.17) is 4.74 Å². The topological polar surface area (TPSA) is 24.5 Å². The number of nitrogens with one attached hydrogen (secondary N) is 1. The van der Waals surface area contributed by atoms with Crippen molar-refractivity contribution in [1.82, 2.24) is 5.32 Å².